The maximum atomic E-state index is 2.54. The van der Waals surface area contributed by atoms with E-state index in [0.29, 0.717) is 0 Å². The van der Waals surface area contributed by atoms with E-state index in [9.17, 15) is 0 Å². The molecular formula is C13H20. The Kier molecular flexibility index (Phi) is 2.57. The van der Waals surface area contributed by atoms with Crippen molar-refractivity contribution in [3.63, 3.8) is 0 Å². The van der Waals surface area contributed by atoms with Gasteiger partial charge >= 0.3 is 0 Å². The van der Waals surface area contributed by atoms with E-state index in [-0.39, 0.29) is 0 Å². The Bertz CT molecular complexity index is 245. The molecule has 0 aromatic heterocycles. The third kappa shape index (κ3) is 2.04. The first-order chi connectivity index (χ1) is 6.25. The van der Waals surface area contributed by atoms with E-state index in [1.807, 2.05) is 0 Å². The third-order valence-corrected chi connectivity index (χ3v) is 3.57. The summed E-state index contributed by atoms with van der Waals surface area (Å²) in [6, 6.07) is 0. The van der Waals surface area contributed by atoms with Crippen molar-refractivity contribution < 1.29 is 0 Å². The molecule has 0 amide bonds. The molecule has 72 valence electrons. The van der Waals surface area contributed by atoms with Crippen molar-refractivity contribution in [3.05, 3.63) is 23.3 Å². The quantitative estimate of drug-likeness (QED) is 0.488. The highest BCUT2D eigenvalue weighted by Crippen LogP contribution is 2.37. The van der Waals surface area contributed by atoms with Gasteiger partial charge in [0.05, 0.1) is 0 Å². The first kappa shape index (κ1) is 9.05. The molecule has 0 aliphatic heterocycles. The van der Waals surface area contributed by atoms with Gasteiger partial charge in [-0.2, -0.15) is 0 Å². The summed E-state index contributed by atoms with van der Waals surface area (Å²) in [5.41, 5.74) is 3.25. The molecule has 2 unspecified atom stereocenters. The van der Waals surface area contributed by atoms with Crippen LogP contribution >= 0.6 is 0 Å². The topological polar surface area (TPSA) is 0 Å². The van der Waals surface area contributed by atoms with Gasteiger partial charge < -0.3 is 0 Å². The Labute approximate surface area is 81.7 Å². The first-order valence-corrected chi connectivity index (χ1v) is 5.58. The monoisotopic (exact) mass is 176 g/mol. The fraction of sp³-hybridized carbons (Fsp3) is 0.692. The van der Waals surface area contributed by atoms with E-state index >= 15 is 0 Å². The first-order valence-electron chi connectivity index (χ1n) is 5.58. The van der Waals surface area contributed by atoms with Gasteiger partial charge in [-0.3, -0.25) is 0 Å². The summed E-state index contributed by atoms with van der Waals surface area (Å²) < 4.78 is 0. The minimum atomic E-state index is 0.867. The van der Waals surface area contributed by atoms with Gasteiger partial charge in [0, 0.05) is 0 Å². The lowest BCUT2D eigenvalue weighted by molar-refractivity contribution is 0.352. The maximum absolute atomic E-state index is 2.54. The van der Waals surface area contributed by atoms with E-state index in [0.717, 1.165) is 11.8 Å². The molecule has 0 aromatic carbocycles. The van der Waals surface area contributed by atoms with Crippen LogP contribution in [0, 0.1) is 11.8 Å². The Morgan fingerprint density at radius 1 is 1.23 bits per heavy atom. The van der Waals surface area contributed by atoms with Crippen LogP contribution in [0.25, 0.3) is 0 Å². The van der Waals surface area contributed by atoms with Crippen LogP contribution in [0.15, 0.2) is 23.3 Å². The molecule has 2 atom stereocenters. The summed E-state index contributed by atoms with van der Waals surface area (Å²) >= 11 is 0. The Morgan fingerprint density at radius 3 is 2.92 bits per heavy atom. The van der Waals surface area contributed by atoms with Crippen molar-refractivity contribution in [1.29, 1.82) is 0 Å². The lowest BCUT2D eigenvalue weighted by atomic mass is 9.78. The van der Waals surface area contributed by atoms with Crippen LogP contribution in [0.5, 0.6) is 0 Å². The molecule has 13 heavy (non-hydrogen) atoms. The number of rotatable bonds is 0. The molecule has 0 heterocycles. The number of fused-ring (bicyclic) bond motifs is 1. The van der Waals surface area contributed by atoms with E-state index < -0.39 is 0 Å². The fourth-order valence-corrected chi connectivity index (χ4v) is 2.79. The second-order valence-electron chi connectivity index (χ2n) is 4.82. The lowest BCUT2D eigenvalue weighted by Gasteiger charge is -2.27. The van der Waals surface area contributed by atoms with Crippen LogP contribution in [0.2, 0.25) is 0 Å². The van der Waals surface area contributed by atoms with Crippen molar-refractivity contribution >= 4 is 0 Å². The second-order valence-corrected chi connectivity index (χ2v) is 4.82. The molecule has 0 spiro atoms. The number of hydrogen-bond acceptors (Lipinski definition) is 0. The SMILES string of the molecule is CC1=CC2CC=C(C)CC2CCC1. The van der Waals surface area contributed by atoms with Gasteiger partial charge in [-0.25, -0.2) is 0 Å². The Morgan fingerprint density at radius 2 is 2.08 bits per heavy atom. The van der Waals surface area contributed by atoms with Crippen LogP contribution < -0.4 is 0 Å². The normalized spacial score (nSPS) is 34.3. The Balaban J connectivity index is 2.15. The second kappa shape index (κ2) is 3.69. The van der Waals surface area contributed by atoms with Crippen molar-refractivity contribution in [2.24, 2.45) is 11.8 Å². The molecule has 2 aliphatic rings. The van der Waals surface area contributed by atoms with Crippen LogP contribution in [0.4, 0.5) is 0 Å². The smallest absolute Gasteiger partial charge is 0.0165 e. The largest absolute Gasteiger partial charge is 0.0850 e. The standard InChI is InChI=1S/C13H20/c1-10-4-3-5-12-9-11(2)6-7-13(12)8-10/h6,8,12-13H,3-5,7,9H2,1-2H3. The van der Waals surface area contributed by atoms with Gasteiger partial charge in [0.1, 0.15) is 0 Å². The van der Waals surface area contributed by atoms with Gasteiger partial charge in [-0.15, -0.1) is 0 Å². The minimum absolute atomic E-state index is 0.867. The molecule has 0 saturated carbocycles. The van der Waals surface area contributed by atoms with Gasteiger partial charge in [0.2, 0.25) is 0 Å². The average Bonchev–Trinajstić information content (AvgIpc) is 2.25. The number of allylic oxidation sites excluding steroid dienone is 4. The fourth-order valence-electron chi connectivity index (χ4n) is 2.79. The molecule has 0 bridgehead atoms. The van der Waals surface area contributed by atoms with E-state index in [1.165, 1.54) is 32.1 Å². The summed E-state index contributed by atoms with van der Waals surface area (Å²) in [6.07, 6.45) is 11.8. The zero-order valence-corrected chi connectivity index (χ0v) is 8.84. The third-order valence-electron chi connectivity index (χ3n) is 3.57. The van der Waals surface area contributed by atoms with Crippen LogP contribution in [0.1, 0.15) is 46.0 Å². The molecule has 0 fully saturated rings. The van der Waals surface area contributed by atoms with Crippen LogP contribution in [-0.2, 0) is 0 Å². The predicted octanol–water partition coefficient (Wildman–Crippen LogP) is 4.09. The van der Waals surface area contributed by atoms with Crippen molar-refractivity contribution in [1.82, 2.24) is 0 Å². The molecule has 0 N–H and O–H groups in total. The predicted molar refractivity (Wildman–Crippen MR) is 57.6 cm³/mol. The molecule has 2 aliphatic carbocycles. The molecule has 0 radical (unpaired) electrons. The molecule has 2 rings (SSSR count). The van der Waals surface area contributed by atoms with Crippen LogP contribution in [0.3, 0.4) is 0 Å². The summed E-state index contributed by atoms with van der Waals surface area (Å²) in [6.45, 7) is 4.59. The summed E-state index contributed by atoms with van der Waals surface area (Å²) in [4.78, 5) is 0. The summed E-state index contributed by atoms with van der Waals surface area (Å²) in [5.74, 6) is 1.83. The lowest BCUT2D eigenvalue weighted by Crippen LogP contribution is -2.15. The number of hydrogen-bond donors (Lipinski definition) is 0. The summed E-state index contributed by atoms with van der Waals surface area (Å²) in [5, 5.41) is 0. The highest BCUT2D eigenvalue weighted by Gasteiger charge is 2.24. The van der Waals surface area contributed by atoms with Crippen LogP contribution in [-0.4, -0.2) is 0 Å². The molecule has 0 saturated heterocycles. The zero-order valence-electron chi connectivity index (χ0n) is 8.84. The average molecular weight is 176 g/mol. The van der Waals surface area contributed by atoms with Gasteiger partial charge in [0.15, 0.2) is 0 Å². The zero-order chi connectivity index (χ0) is 9.26. The van der Waals surface area contributed by atoms with E-state index in [1.54, 1.807) is 11.1 Å². The Hall–Kier alpha value is -0.520. The van der Waals surface area contributed by atoms with Gasteiger partial charge in [-0.05, 0) is 57.8 Å². The van der Waals surface area contributed by atoms with E-state index in [4.69, 9.17) is 0 Å². The highest BCUT2D eigenvalue weighted by molar-refractivity contribution is 5.13. The van der Waals surface area contributed by atoms with Gasteiger partial charge in [-0.1, -0.05) is 23.3 Å². The maximum Gasteiger partial charge on any atom is -0.0165 e. The molecule has 0 aromatic rings. The highest BCUT2D eigenvalue weighted by atomic mass is 14.3. The van der Waals surface area contributed by atoms with Crippen molar-refractivity contribution in [2.45, 2.75) is 46.0 Å². The minimum Gasteiger partial charge on any atom is -0.0850 e. The molecular weight excluding hydrogens is 156 g/mol. The molecule has 0 nitrogen and oxygen atoms in total. The summed E-state index contributed by atoms with van der Waals surface area (Å²) in [7, 11) is 0. The van der Waals surface area contributed by atoms with Crippen molar-refractivity contribution in [2.75, 3.05) is 0 Å². The van der Waals surface area contributed by atoms with Crippen molar-refractivity contribution in [3.8, 4) is 0 Å². The molecule has 0 heteroatoms. The van der Waals surface area contributed by atoms with Gasteiger partial charge in [0.25, 0.3) is 0 Å². The van der Waals surface area contributed by atoms with E-state index in [2.05, 4.69) is 26.0 Å².